The second kappa shape index (κ2) is 7.37. The van der Waals surface area contributed by atoms with Crippen molar-refractivity contribution in [3.05, 3.63) is 35.0 Å². The second-order valence-corrected chi connectivity index (χ2v) is 7.11. The summed E-state index contributed by atoms with van der Waals surface area (Å²) < 4.78 is 5.55. The van der Waals surface area contributed by atoms with Crippen LogP contribution in [-0.4, -0.2) is 41.9 Å². The number of aliphatic hydroxyl groups is 1. The fourth-order valence-corrected chi connectivity index (χ4v) is 4.05. The first-order valence-electron chi connectivity index (χ1n) is 8.38. The number of hydrogen-bond donors (Lipinski definition) is 1. The topological polar surface area (TPSA) is 58.5 Å². The molecule has 0 bridgehead atoms. The molecule has 0 aliphatic heterocycles. The molecule has 0 spiro atoms. The number of hydrogen-bond acceptors (Lipinski definition) is 6. The standard InChI is InChI=1S/C19H23N3O2S/c1-5-24-15-8-6-14(7-9-15)16-12(2)25-19-17(16)18(20-13(3)21-19)22(4)10-11-23/h6-9,23H,5,10-11H2,1-4H3. The molecule has 25 heavy (non-hydrogen) atoms. The molecule has 1 N–H and O–H groups in total. The van der Waals surface area contributed by atoms with Gasteiger partial charge in [-0.05, 0) is 38.5 Å². The summed E-state index contributed by atoms with van der Waals surface area (Å²) in [7, 11) is 1.95. The Labute approximate surface area is 151 Å². The van der Waals surface area contributed by atoms with Crippen molar-refractivity contribution < 1.29 is 9.84 Å². The highest BCUT2D eigenvalue weighted by Gasteiger charge is 2.19. The highest BCUT2D eigenvalue weighted by atomic mass is 32.1. The van der Waals surface area contributed by atoms with Gasteiger partial charge < -0.3 is 14.7 Å². The molecule has 2 aromatic heterocycles. The summed E-state index contributed by atoms with van der Waals surface area (Å²) in [5.74, 6) is 2.48. The molecule has 6 heteroatoms. The number of aliphatic hydroxyl groups excluding tert-OH is 1. The van der Waals surface area contributed by atoms with Crippen LogP contribution in [0.4, 0.5) is 5.82 Å². The summed E-state index contributed by atoms with van der Waals surface area (Å²) in [6, 6.07) is 8.15. The molecule has 5 nitrogen and oxygen atoms in total. The van der Waals surface area contributed by atoms with Crippen LogP contribution >= 0.6 is 11.3 Å². The van der Waals surface area contributed by atoms with E-state index in [0.29, 0.717) is 13.2 Å². The second-order valence-electron chi connectivity index (χ2n) is 5.91. The molecular weight excluding hydrogens is 334 g/mol. The van der Waals surface area contributed by atoms with Gasteiger partial charge in [0.2, 0.25) is 0 Å². The number of nitrogens with zero attached hydrogens (tertiary/aromatic N) is 3. The fourth-order valence-electron chi connectivity index (χ4n) is 2.96. The molecule has 3 rings (SSSR count). The van der Waals surface area contributed by atoms with Crippen LogP contribution in [0.2, 0.25) is 0 Å². The first-order chi connectivity index (χ1) is 12.0. The first-order valence-corrected chi connectivity index (χ1v) is 9.19. The van der Waals surface area contributed by atoms with E-state index in [2.05, 4.69) is 29.0 Å². The molecule has 0 saturated carbocycles. The van der Waals surface area contributed by atoms with Gasteiger partial charge in [-0.15, -0.1) is 11.3 Å². The normalized spacial score (nSPS) is 11.1. The monoisotopic (exact) mass is 357 g/mol. The maximum atomic E-state index is 9.32. The van der Waals surface area contributed by atoms with E-state index >= 15 is 0 Å². The number of ether oxygens (including phenoxy) is 1. The zero-order chi connectivity index (χ0) is 18.0. The van der Waals surface area contributed by atoms with Crippen molar-refractivity contribution in [1.82, 2.24) is 9.97 Å². The lowest BCUT2D eigenvalue weighted by Crippen LogP contribution is -2.23. The number of anilines is 1. The molecule has 0 radical (unpaired) electrons. The number of rotatable bonds is 6. The average Bonchev–Trinajstić information content (AvgIpc) is 2.91. The van der Waals surface area contributed by atoms with Gasteiger partial charge >= 0.3 is 0 Å². The smallest absolute Gasteiger partial charge is 0.141 e. The molecule has 132 valence electrons. The maximum Gasteiger partial charge on any atom is 0.141 e. The average molecular weight is 357 g/mol. The van der Waals surface area contributed by atoms with Crippen LogP contribution in [0.1, 0.15) is 17.6 Å². The van der Waals surface area contributed by atoms with Crippen molar-refractivity contribution in [3.63, 3.8) is 0 Å². The molecule has 0 unspecified atom stereocenters. The third kappa shape index (κ3) is 3.45. The van der Waals surface area contributed by atoms with E-state index in [1.807, 2.05) is 37.9 Å². The summed E-state index contributed by atoms with van der Waals surface area (Å²) in [5, 5.41) is 10.4. The number of benzene rings is 1. The van der Waals surface area contributed by atoms with Gasteiger partial charge in [-0.1, -0.05) is 12.1 Å². The van der Waals surface area contributed by atoms with Crippen molar-refractivity contribution in [2.45, 2.75) is 20.8 Å². The van der Waals surface area contributed by atoms with Gasteiger partial charge in [-0.25, -0.2) is 9.97 Å². The van der Waals surface area contributed by atoms with Crippen molar-refractivity contribution >= 4 is 27.4 Å². The van der Waals surface area contributed by atoms with Gasteiger partial charge in [0.1, 0.15) is 22.2 Å². The van der Waals surface area contributed by atoms with Crippen LogP contribution in [0.25, 0.3) is 21.3 Å². The largest absolute Gasteiger partial charge is 0.494 e. The van der Waals surface area contributed by atoms with E-state index in [9.17, 15) is 5.11 Å². The lowest BCUT2D eigenvalue weighted by molar-refractivity contribution is 0.304. The predicted octanol–water partition coefficient (Wildman–Crippen LogP) is 3.80. The lowest BCUT2D eigenvalue weighted by atomic mass is 10.0. The van der Waals surface area contributed by atoms with Crippen LogP contribution in [0.15, 0.2) is 24.3 Å². The number of likely N-dealkylation sites (N-methyl/N-ethyl adjacent to an activating group) is 1. The van der Waals surface area contributed by atoms with E-state index in [4.69, 9.17) is 4.74 Å². The molecule has 2 heterocycles. The van der Waals surface area contributed by atoms with Crippen molar-refractivity contribution in [2.24, 2.45) is 0 Å². The zero-order valence-electron chi connectivity index (χ0n) is 15.0. The van der Waals surface area contributed by atoms with Crippen LogP contribution < -0.4 is 9.64 Å². The minimum Gasteiger partial charge on any atom is -0.494 e. The summed E-state index contributed by atoms with van der Waals surface area (Å²) in [5.41, 5.74) is 2.28. The van der Waals surface area contributed by atoms with E-state index in [1.165, 1.54) is 4.88 Å². The molecule has 0 saturated heterocycles. The number of thiophene rings is 1. The quantitative estimate of drug-likeness (QED) is 0.727. The van der Waals surface area contributed by atoms with Crippen LogP contribution in [-0.2, 0) is 0 Å². The number of aromatic nitrogens is 2. The Balaban J connectivity index is 2.18. The summed E-state index contributed by atoms with van der Waals surface area (Å²) in [6.45, 7) is 7.27. The Morgan fingerprint density at radius 3 is 2.52 bits per heavy atom. The zero-order valence-corrected chi connectivity index (χ0v) is 15.9. The summed E-state index contributed by atoms with van der Waals surface area (Å²) in [6.07, 6.45) is 0. The van der Waals surface area contributed by atoms with Crippen molar-refractivity contribution in [1.29, 1.82) is 0 Å². The van der Waals surface area contributed by atoms with Gasteiger partial charge in [0.05, 0.1) is 18.6 Å². The van der Waals surface area contributed by atoms with E-state index < -0.39 is 0 Å². The highest BCUT2D eigenvalue weighted by Crippen LogP contribution is 2.41. The lowest BCUT2D eigenvalue weighted by Gasteiger charge is -2.19. The van der Waals surface area contributed by atoms with Gasteiger partial charge in [0, 0.05) is 24.0 Å². The molecule has 0 atom stereocenters. The van der Waals surface area contributed by atoms with E-state index in [1.54, 1.807) is 11.3 Å². The molecule has 1 aromatic carbocycles. The molecule has 0 aliphatic carbocycles. The van der Waals surface area contributed by atoms with Gasteiger partial charge in [-0.3, -0.25) is 0 Å². The third-order valence-electron chi connectivity index (χ3n) is 4.07. The highest BCUT2D eigenvalue weighted by molar-refractivity contribution is 7.19. The summed E-state index contributed by atoms with van der Waals surface area (Å²) in [4.78, 5) is 13.5. The predicted molar refractivity (Wildman–Crippen MR) is 104 cm³/mol. The van der Waals surface area contributed by atoms with Gasteiger partial charge in [0.15, 0.2) is 0 Å². The number of aryl methyl sites for hydroxylation is 2. The van der Waals surface area contributed by atoms with Crippen LogP contribution in [0.3, 0.4) is 0 Å². The molecular formula is C19H23N3O2S. The van der Waals surface area contributed by atoms with Crippen LogP contribution in [0, 0.1) is 13.8 Å². The Bertz CT molecular complexity index is 875. The maximum absolute atomic E-state index is 9.32. The Hall–Kier alpha value is -2.18. The minimum atomic E-state index is 0.0859. The summed E-state index contributed by atoms with van der Waals surface area (Å²) >= 11 is 1.68. The Morgan fingerprint density at radius 2 is 1.88 bits per heavy atom. The van der Waals surface area contributed by atoms with Crippen molar-refractivity contribution in [3.8, 4) is 16.9 Å². The van der Waals surface area contributed by atoms with Crippen LogP contribution in [0.5, 0.6) is 5.75 Å². The molecule has 3 aromatic rings. The SMILES string of the molecule is CCOc1ccc(-c2c(C)sc3nc(C)nc(N(C)CCO)c23)cc1. The molecule has 0 fully saturated rings. The number of fused-ring (bicyclic) bond motifs is 1. The first kappa shape index (κ1) is 17.6. The Kier molecular flexibility index (Phi) is 5.20. The minimum absolute atomic E-state index is 0.0859. The fraction of sp³-hybridized carbons (Fsp3) is 0.368. The van der Waals surface area contributed by atoms with E-state index in [0.717, 1.165) is 38.7 Å². The van der Waals surface area contributed by atoms with Gasteiger partial charge in [0.25, 0.3) is 0 Å². The Morgan fingerprint density at radius 1 is 1.16 bits per heavy atom. The molecule has 0 aliphatic rings. The van der Waals surface area contributed by atoms with Crippen molar-refractivity contribution in [2.75, 3.05) is 31.7 Å². The van der Waals surface area contributed by atoms with E-state index in [-0.39, 0.29) is 6.61 Å². The van der Waals surface area contributed by atoms with Gasteiger partial charge in [-0.2, -0.15) is 0 Å². The third-order valence-corrected chi connectivity index (χ3v) is 5.07. The molecule has 0 amide bonds.